The van der Waals surface area contributed by atoms with E-state index in [1.807, 2.05) is 17.0 Å². The number of carboxylic acid groups (broad SMARTS) is 1. The van der Waals surface area contributed by atoms with Crippen LogP contribution in [0.4, 0.5) is 5.69 Å². The van der Waals surface area contributed by atoms with Crippen molar-refractivity contribution in [2.24, 2.45) is 0 Å². The Morgan fingerprint density at radius 3 is 2.35 bits per heavy atom. The van der Waals surface area contributed by atoms with Gasteiger partial charge < -0.3 is 15.1 Å². The molecule has 0 atom stereocenters. The van der Waals surface area contributed by atoms with Crippen LogP contribution >= 0.6 is 11.6 Å². The minimum absolute atomic E-state index is 0.0236. The van der Waals surface area contributed by atoms with Crippen molar-refractivity contribution in [3.8, 4) is 0 Å². The zero-order valence-electron chi connectivity index (χ0n) is 9.47. The van der Waals surface area contributed by atoms with Gasteiger partial charge >= 0.3 is 5.97 Å². The molecule has 0 saturated carbocycles. The number of alkyl halides is 1. The third kappa shape index (κ3) is 4.63. The summed E-state index contributed by atoms with van der Waals surface area (Å²) in [4.78, 5) is 12.5. The molecule has 0 aromatic heterocycles. The minimum atomic E-state index is -0.842. The number of benzene rings is 1. The molecule has 17 heavy (non-hydrogen) atoms. The second kappa shape index (κ2) is 7.14. The Bertz CT molecular complexity index is 347. The van der Waals surface area contributed by atoms with E-state index in [1.165, 1.54) is 0 Å². The molecular formula is C12H16ClNO3. The van der Waals surface area contributed by atoms with Crippen molar-refractivity contribution in [2.75, 3.05) is 30.5 Å². The van der Waals surface area contributed by atoms with Gasteiger partial charge in [0.05, 0.1) is 13.0 Å². The van der Waals surface area contributed by atoms with E-state index in [-0.39, 0.29) is 13.0 Å². The fourth-order valence-electron chi connectivity index (χ4n) is 1.59. The lowest BCUT2D eigenvalue weighted by Crippen LogP contribution is -2.28. The number of rotatable bonds is 7. The van der Waals surface area contributed by atoms with E-state index >= 15 is 0 Å². The number of carbonyl (C=O) groups is 1. The van der Waals surface area contributed by atoms with Gasteiger partial charge in [-0.3, -0.25) is 4.79 Å². The third-order valence-electron chi connectivity index (χ3n) is 2.38. The second-order valence-corrected chi connectivity index (χ2v) is 4.01. The van der Waals surface area contributed by atoms with Gasteiger partial charge in [-0.25, -0.2) is 0 Å². The average molecular weight is 258 g/mol. The maximum atomic E-state index is 10.5. The van der Waals surface area contributed by atoms with Crippen LogP contribution in [0.2, 0.25) is 0 Å². The first-order chi connectivity index (χ1) is 8.17. The standard InChI is InChI=1S/C12H16ClNO3/c13-5-6-14(7-8-15)11-3-1-10(2-4-11)9-12(16)17/h1-4,15H,5-9H2,(H,16,17). The Balaban J connectivity index is 2.72. The van der Waals surface area contributed by atoms with E-state index in [4.69, 9.17) is 21.8 Å². The summed E-state index contributed by atoms with van der Waals surface area (Å²) in [7, 11) is 0. The number of aliphatic carboxylic acids is 1. The van der Waals surface area contributed by atoms with Gasteiger partial charge in [-0.05, 0) is 17.7 Å². The molecule has 1 aromatic rings. The first-order valence-corrected chi connectivity index (χ1v) is 5.93. The highest BCUT2D eigenvalue weighted by molar-refractivity contribution is 6.18. The summed E-state index contributed by atoms with van der Waals surface area (Å²) in [5.74, 6) is -0.359. The fraction of sp³-hybridized carbons (Fsp3) is 0.417. The van der Waals surface area contributed by atoms with E-state index in [2.05, 4.69) is 0 Å². The van der Waals surface area contributed by atoms with Crippen molar-refractivity contribution in [1.29, 1.82) is 0 Å². The van der Waals surface area contributed by atoms with Gasteiger partial charge in [-0.2, -0.15) is 0 Å². The first-order valence-electron chi connectivity index (χ1n) is 5.40. The van der Waals surface area contributed by atoms with Crippen molar-refractivity contribution in [1.82, 2.24) is 0 Å². The number of aliphatic hydroxyl groups is 1. The Labute approximate surface area is 105 Å². The molecule has 0 amide bonds. The predicted molar refractivity (Wildman–Crippen MR) is 67.8 cm³/mol. The van der Waals surface area contributed by atoms with Crippen molar-refractivity contribution < 1.29 is 15.0 Å². The molecule has 0 heterocycles. The molecule has 1 rings (SSSR count). The SMILES string of the molecule is O=C(O)Cc1ccc(N(CCO)CCCl)cc1. The highest BCUT2D eigenvalue weighted by atomic mass is 35.5. The van der Waals surface area contributed by atoms with E-state index in [1.54, 1.807) is 12.1 Å². The predicted octanol–water partition coefficient (Wildman–Crippen LogP) is 1.35. The molecule has 0 aliphatic rings. The maximum absolute atomic E-state index is 10.5. The molecular weight excluding hydrogens is 242 g/mol. The Kier molecular flexibility index (Phi) is 5.80. The molecule has 1 aromatic carbocycles. The lowest BCUT2D eigenvalue weighted by atomic mass is 10.1. The summed E-state index contributed by atoms with van der Waals surface area (Å²) in [5, 5.41) is 17.6. The number of halogens is 1. The molecule has 0 unspecified atom stereocenters. The minimum Gasteiger partial charge on any atom is -0.481 e. The molecule has 2 N–H and O–H groups in total. The lowest BCUT2D eigenvalue weighted by Gasteiger charge is -2.22. The fourth-order valence-corrected chi connectivity index (χ4v) is 1.80. The molecule has 5 heteroatoms. The molecule has 94 valence electrons. The molecule has 0 aliphatic carbocycles. The summed E-state index contributed by atoms with van der Waals surface area (Å²) in [6.45, 7) is 1.24. The van der Waals surface area contributed by atoms with E-state index in [0.717, 1.165) is 11.3 Å². The van der Waals surface area contributed by atoms with Gasteiger partial charge in [0, 0.05) is 24.7 Å². The molecule has 0 aliphatic heterocycles. The van der Waals surface area contributed by atoms with Gasteiger partial charge in [0.25, 0.3) is 0 Å². The Morgan fingerprint density at radius 2 is 1.88 bits per heavy atom. The van der Waals surface area contributed by atoms with Gasteiger partial charge in [0.1, 0.15) is 0 Å². The normalized spacial score (nSPS) is 10.2. The van der Waals surface area contributed by atoms with Crippen LogP contribution in [-0.4, -0.2) is 41.8 Å². The highest BCUT2D eigenvalue weighted by Crippen LogP contribution is 2.15. The maximum Gasteiger partial charge on any atom is 0.307 e. The van der Waals surface area contributed by atoms with Gasteiger partial charge in [-0.1, -0.05) is 12.1 Å². The number of carboxylic acids is 1. The van der Waals surface area contributed by atoms with Crippen LogP contribution in [0, 0.1) is 0 Å². The van der Waals surface area contributed by atoms with E-state index in [9.17, 15) is 4.79 Å². The van der Waals surface area contributed by atoms with Crippen LogP contribution in [0.25, 0.3) is 0 Å². The smallest absolute Gasteiger partial charge is 0.307 e. The van der Waals surface area contributed by atoms with Crippen molar-refractivity contribution in [3.63, 3.8) is 0 Å². The summed E-state index contributed by atoms with van der Waals surface area (Å²) in [6.07, 6.45) is 0.0236. The topological polar surface area (TPSA) is 60.8 Å². The molecule has 0 saturated heterocycles. The van der Waals surface area contributed by atoms with Crippen molar-refractivity contribution >= 4 is 23.3 Å². The van der Waals surface area contributed by atoms with Crippen molar-refractivity contribution in [2.45, 2.75) is 6.42 Å². The highest BCUT2D eigenvalue weighted by Gasteiger charge is 2.06. The lowest BCUT2D eigenvalue weighted by molar-refractivity contribution is -0.136. The van der Waals surface area contributed by atoms with Gasteiger partial charge in [0.15, 0.2) is 0 Å². The van der Waals surface area contributed by atoms with E-state index < -0.39 is 5.97 Å². The number of hydrogen-bond donors (Lipinski definition) is 2. The third-order valence-corrected chi connectivity index (χ3v) is 2.55. The quantitative estimate of drug-likeness (QED) is 0.724. The Hall–Kier alpha value is -1.26. The largest absolute Gasteiger partial charge is 0.481 e. The number of aliphatic hydroxyl groups excluding tert-OH is 1. The number of nitrogens with zero attached hydrogens (tertiary/aromatic N) is 1. The van der Waals surface area contributed by atoms with Crippen LogP contribution in [-0.2, 0) is 11.2 Å². The average Bonchev–Trinajstić information content (AvgIpc) is 2.29. The van der Waals surface area contributed by atoms with Crippen molar-refractivity contribution in [3.05, 3.63) is 29.8 Å². The molecule has 0 spiro atoms. The van der Waals surface area contributed by atoms with E-state index in [0.29, 0.717) is 19.0 Å². The van der Waals surface area contributed by atoms with Crippen LogP contribution < -0.4 is 4.90 Å². The zero-order chi connectivity index (χ0) is 12.7. The number of anilines is 1. The summed E-state index contributed by atoms with van der Waals surface area (Å²) >= 11 is 5.68. The summed E-state index contributed by atoms with van der Waals surface area (Å²) in [5.41, 5.74) is 1.70. The van der Waals surface area contributed by atoms with Crippen LogP contribution in [0.1, 0.15) is 5.56 Å². The Morgan fingerprint density at radius 1 is 1.24 bits per heavy atom. The summed E-state index contributed by atoms with van der Waals surface area (Å²) in [6, 6.07) is 7.26. The monoisotopic (exact) mass is 257 g/mol. The molecule has 0 radical (unpaired) electrons. The van der Waals surface area contributed by atoms with Crippen LogP contribution in [0.5, 0.6) is 0 Å². The first kappa shape index (κ1) is 13.8. The van der Waals surface area contributed by atoms with Gasteiger partial charge in [0.2, 0.25) is 0 Å². The summed E-state index contributed by atoms with van der Waals surface area (Å²) < 4.78 is 0. The second-order valence-electron chi connectivity index (χ2n) is 3.64. The number of hydrogen-bond acceptors (Lipinski definition) is 3. The van der Waals surface area contributed by atoms with Crippen LogP contribution in [0.3, 0.4) is 0 Å². The van der Waals surface area contributed by atoms with Crippen LogP contribution in [0.15, 0.2) is 24.3 Å². The molecule has 0 fully saturated rings. The molecule has 4 nitrogen and oxygen atoms in total. The molecule has 0 bridgehead atoms. The zero-order valence-corrected chi connectivity index (χ0v) is 10.2. The van der Waals surface area contributed by atoms with Gasteiger partial charge in [-0.15, -0.1) is 11.6 Å².